The van der Waals surface area contributed by atoms with Crippen LogP contribution in [0.2, 0.25) is 0 Å². The van der Waals surface area contributed by atoms with Gasteiger partial charge in [0.2, 0.25) is 0 Å². The molecule has 0 radical (unpaired) electrons. The van der Waals surface area contributed by atoms with Gasteiger partial charge in [-0.05, 0) is 20.3 Å². The molecule has 0 rings (SSSR count). The van der Waals surface area contributed by atoms with Gasteiger partial charge < -0.3 is 25.5 Å². The Bertz CT molecular complexity index is 301. The molecule has 0 heterocycles. The highest BCUT2D eigenvalue weighted by Crippen LogP contribution is 2.21. The van der Waals surface area contributed by atoms with Crippen molar-refractivity contribution in [3.63, 3.8) is 0 Å². The predicted octanol–water partition coefficient (Wildman–Crippen LogP) is 1.04. The summed E-state index contributed by atoms with van der Waals surface area (Å²) in [5.41, 5.74) is -0.306. The second-order valence-electron chi connectivity index (χ2n) is 4.90. The fourth-order valence-electron chi connectivity index (χ4n) is 0.918. The third-order valence-corrected chi connectivity index (χ3v) is 2.52. The van der Waals surface area contributed by atoms with Crippen LogP contribution in [0.4, 0.5) is 0 Å². The van der Waals surface area contributed by atoms with Crippen LogP contribution in [0.15, 0.2) is 24.3 Å². The Morgan fingerprint density at radius 3 is 1.14 bits per heavy atom. The minimum atomic E-state index is -0.935. The van der Waals surface area contributed by atoms with Crippen molar-refractivity contribution >= 4 is 11.9 Å². The van der Waals surface area contributed by atoms with Gasteiger partial charge >= 0.3 is 11.9 Å². The number of rotatable bonds is 7. The van der Waals surface area contributed by atoms with Gasteiger partial charge in [-0.25, -0.2) is 9.59 Å². The molecule has 0 saturated heterocycles. The standard InChI is InChI=1S/C7H16O3.2C4H6O2/c1-2-3-7(4-8,5-9)6-10;2*1-3(2)4(5)6/h8-10H,2-6H2,1H3;2*1H2,2H3,(H,5,6). The van der Waals surface area contributed by atoms with Crippen LogP contribution in [0, 0.1) is 5.41 Å². The molecule has 22 heavy (non-hydrogen) atoms. The maximum absolute atomic E-state index is 9.60. The first-order chi connectivity index (χ1) is 10.0. The summed E-state index contributed by atoms with van der Waals surface area (Å²) in [5, 5.41) is 42.1. The summed E-state index contributed by atoms with van der Waals surface area (Å²) < 4.78 is 0. The van der Waals surface area contributed by atoms with Crippen molar-refractivity contribution in [1.29, 1.82) is 0 Å². The first-order valence-electron chi connectivity index (χ1n) is 6.63. The molecular formula is C15H28O7. The predicted molar refractivity (Wildman–Crippen MR) is 83.5 cm³/mol. The average molecular weight is 320 g/mol. The molecule has 0 fully saturated rings. The van der Waals surface area contributed by atoms with Gasteiger partial charge in [-0.2, -0.15) is 0 Å². The van der Waals surface area contributed by atoms with E-state index in [0.29, 0.717) is 6.42 Å². The van der Waals surface area contributed by atoms with E-state index in [1.165, 1.54) is 13.8 Å². The van der Waals surface area contributed by atoms with E-state index in [-0.39, 0.29) is 31.0 Å². The second kappa shape index (κ2) is 14.2. The minimum Gasteiger partial charge on any atom is -0.478 e. The summed E-state index contributed by atoms with van der Waals surface area (Å²) in [6, 6.07) is 0. The Balaban J connectivity index is -0.000000261. The van der Waals surface area contributed by atoms with Crippen LogP contribution in [0.1, 0.15) is 33.6 Å². The third kappa shape index (κ3) is 14.7. The number of aliphatic hydroxyl groups is 3. The molecule has 0 aromatic rings. The van der Waals surface area contributed by atoms with E-state index < -0.39 is 17.4 Å². The lowest BCUT2D eigenvalue weighted by Gasteiger charge is -2.26. The number of hydrogen-bond donors (Lipinski definition) is 5. The third-order valence-electron chi connectivity index (χ3n) is 2.52. The zero-order chi connectivity index (χ0) is 18.3. The van der Waals surface area contributed by atoms with E-state index in [4.69, 9.17) is 25.5 Å². The summed E-state index contributed by atoms with van der Waals surface area (Å²) in [5.74, 6) is -1.87. The van der Waals surface area contributed by atoms with Gasteiger partial charge in [0.05, 0.1) is 19.8 Å². The first kappa shape index (κ1) is 25.3. The fraction of sp³-hybridized carbons (Fsp3) is 0.600. The molecule has 0 atom stereocenters. The lowest BCUT2D eigenvalue weighted by atomic mass is 9.86. The molecule has 5 N–H and O–H groups in total. The van der Waals surface area contributed by atoms with Crippen LogP contribution in [0.3, 0.4) is 0 Å². The highest BCUT2D eigenvalue weighted by molar-refractivity contribution is 5.85. The average Bonchev–Trinajstić information content (AvgIpc) is 2.46. The first-order valence-corrected chi connectivity index (χ1v) is 6.63. The van der Waals surface area contributed by atoms with E-state index in [0.717, 1.165) is 6.42 Å². The molecule has 7 heteroatoms. The molecule has 0 aliphatic carbocycles. The molecule has 0 aliphatic rings. The molecule has 130 valence electrons. The van der Waals surface area contributed by atoms with Gasteiger partial charge in [-0.15, -0.1) is 0 Å². The van der Waals surface area contributed by atoms with Crippen molar-refractivity contribution in [2.24, 2.45) is 5.41 Å². The topological polar surface area (TPSA) is 135 Å². The SMILES string of the molecule is C=C(C)C(=O)O.C=C(C)C(=O)O.CCCC(CO)(CO)CO. The molecule has 7 nitrogen and oxygen atoms in total. The van der Waals surface area contributed by atoms with E-state index in [2.05, 4.69) is 13.2 Å². The minimum absolute atomic E-state index is 0.145. The Morgan fingerprint density at radius 1 is 0.864 bits per heavy atom. The number of carbonyl (C=O) groups is 2. The van der Waals surface area contributed by atoms with Crippen LogP contribution >= 0.6 is 0 Å². The van der Waals surface area contributed by atoms with Crippen LogP contribution in [-0.2, 0) is 9.59 Å². The monoisotopic (exact) mass is 320 g/mol. The van der Waals surface area contributed by atoms with Gasteiger partial charge in [-0.3, -0.25) is 0 Å². The van der Waals surface area contributed by atoms with Gasteiger partial charge in [-0.1, -0.05) is 26.5 Å². The van der Waals surface area contributed by atoms with Crippen molar-refractivity contribution in [2.45, 2.75) is 33.6 Å². The highest BCUT2D eigenvalue weighted by atomic mass is 16.4. The van der Waals surface area contributed by atoms with Gasteiger partial charge in [0.25, 0.3) is 0 Å². The maximum atomic E-state index is 9.60. The van der Waals surface area contributed by atoms with Crippen molar-refractivity contribution < 1.29 is 35.1 Å². The summed E-state index contributed by atoms with van der Waals surface area (Å²) in [4.78, 5) is 19.2. The van der Waals surface area contributed by atoms with Gasteiger partial charge in [0.15, 0.2) is 0 Å². The lowest BCUT2D eigenvalue weighted by Crippen LogP contribution is -2.33. The number of carboxylic acids is 2. The Labute approximate surface area is 131 Å². The Morgan fingerprint density at radius 2 is 1.09 bits per heavy atom. The molecule has 0 aromatic carbocycles. The zero-order valence-corrected chi connectivity index (χ0v) is 13.5. The fourth-order valence-corrected chi connectivity index (χ4v) is 0.918. The molecule has 0 amide bonds. The van der Waals surface area contributed by atoms with Crippen LogP contribution in [0.5, 0.6) is 0 Å². The molecule has 0 aliphatic heterocycles. The second-order valence-corrected chi connectivity index (χ2v) is 4.90. The Hall–Kier alpha value is -1.70. The van der Waals surface area contributed by atoms with Gasteiger partial charge in [0, 0.05) is 16.6 Å². The summed E-state index contributed by atoms with van der Waals surface area (Å²) in [6.07, 6.45) is 1.53. The number of carboxylic acid groups (broad SMARTS) is 2. The maximum Gasteiger partial charge on any atom is 0.330 e. The van der Waals surface area contributed by atoms with E-state index >= 15 is 0 Å². The Kier molecular flexibility index (Phi) is 16.4. The number of hydrogen-bond acceptors (Lipinski definition) is 5. The van der Waals surface area contributed by atoms with Crippen LogP contribution < -0.4 is 0 Å². The molecule has 0 bridgehead atoms. The summed E-state index contributed by atoms with van der Waals surface area (Å²) >= 11 is 0. The molecule has 0 aromatic heterocycles. The van der Waals surface area contributed by atoms with Crippen molar-refractivity contribution in [3.05, 3.63) is 24.3 Å². The van der Waals surface area contributed by atoms with Crippen molar-refractivity contribution in [2.75, 3.05) is 19.8 Å². The molecule has 0 unspecified atom stereocenters. The van der Waals surface area contributed by atoms with Gasteiger partial charge in [0.1, 0.15) is 0 Å². The van der Waals surface area contributed by atoms with Crippen LogP contribution in [0.25, 0.3) is 0 Å². The van der Waals surface area contributed by atoms with E-state index in [1.807, 2.05) is 6.92 Å². The highest BCUT2D eigenvalue weighted by Gasteiger charge is 2.26. The molecule has 0 saturated carbocycles. The smallest absolute Gasteiger partial charge is 0.330 e. The molecule has 0 spiro atoms. The normalized spacial score (nSPS) is 9.55. The van der Waals surface area contributed by atoms with Crippen LogP contribution in [-0.4, -0.2) is 57.3 Å². The number of aliphatic carboxylic acids is 2. The largest absolute Gasteiger partial charge is 0.478 e. The van der Waals surface area contributed by atoms with E-state index in [1.54, 1.807) is 0 Å². The van der Waals surface area contributed by atoms with Crippen molar-refractivity contribution in [3.8, 4) is 0 Å². The molecular weight excluding hydrogens is 292 g/mol. The van der Waals surface area contributed by atoms with E-state index in [9.17, 15) is 9.59 Å². The zero-order valence-electron chi connectivity index (χ0n) is 13.5. The quantitative estimate of drug-likeness (QED) is 0.442. The summed E-state index contributed by atoms with van der Waals surface area (Å²) in [6.45, 7) is 10.7. The number of aliphatic hydroxyl groups excluding tert-OH is 3. The summed E-state index contributed by atoms with van der Waals surface area (Å²) in [7, 11) is 0. The van der Waals surface area contributed by atoms with Crippen molar-refractivity contribution in [1.82, 2.24) is 0 Å². The lowest BCUT2D eigenvalue weighted by molar-refractivity contribution is -0.133.